The van der Waals surface area contributed by atoms with E-state index >= 15 is 0 Å². The maximum absolute atomic E-state index is 13.3. The molecule has 1 heterocycles. The summed E-state index contributed by atoms with van der Waals surface area (Å²) in [6.07, 6.45) is -4.42. The molecule has 1 fully saturated rings. The Hall–Kier alpha value is -0.790. The molecule has 1 aromatic rings. The number of nitrogens with zero attached hydrogens (tertiary/aromatic N) is 1. The van der Waals surface area contributed by atoms with Crippen LogP contribution < -0.4 is 5.32 Å². The van der Waals surface area contributed by atoms with Crippen LogP contribution in [0.1, 0.15) is 11.6 Å². The van der Waals surface area contributed by atoms with Crippen LogP contribution in [0, 0.1) is 0 Å². The van der Waals surface area contributed by atoms with E-state index in [1.807, 2.05) is 0 Å². The maximum Gasteiger partial charge on any atom is 0.408 e. The summed E-state index contributed by atoms with van der Waals surface area (Å²) in [6, 6.07) is 2.57. The smallest absolute Gasteiger partial charge is 0.408 e. The third-order valence-corrected chi connectivity index (χ3v) is 3.78. The molecule has 0 radical (unpaired) electrons. The van der Waals surface area contributed by atoms with E-state index in [1.54, 1.807) is 0 Å². The number of hydrogen-bond acceptors (Lipinski definition) is 3. The van der Waals surface area contributed by atoms with E-state index in [2.05, 4.69) is 21.2 Å². The summed E-state index contributed by atoms with van der Waals surface area (Å²) in [7, 11) is 0. The molecule has 1 saturated heterocycles. The van der Waals surface area contributed by atoms with Gasteiger partial charge in [0.1, 0.15) is 11.8 Å². The van der Waals surface area contributed by atoms with E-state index in [0.29, 0.717) is 26.2 Å². The van der Waals surface area contributed by atoms with Crippen LogP contribution in [0.25, 0.3) is 0 Å². The zero-order valence-electron chi connectivity index (χ0n) is 10.0. The SMILES string of the molecule is Oc1c(Br)cccc1[C@H](N1CCNCC1)C(F)(F)F. The number of rotatable bonds is 2. The van der Waals surface area contributed by atoms with Gasteiger partial charge in [-0.25, -0.2) is 0 Å². The van der Waals surface area contributed by atoms with Crippen LogP contribution in [0.3, 0.4) is 0 Å². The molecule has 2 N–H and O–H groups in total. The average molecular weight is 339 g/mol. The van der Waals surface area contributed by atoms with Crippen molar-refractivity contribution in [1.29, 1.82) is 0 Å². The molecule has 0 saturated carbocycles. The molecule has 0 amide bonds. The molecule has 0 bridgehead atoms. The second-order valence-electron chi connectivity index (χ2n) is 4.41. The van der Waals surface area contributed by atoms with Gasteiger partial charge in [-0.3, -0.25) is 4.90 Å². The van der Waals surface area contributed by atoms with E-state index in [0.717, 1.165) is 0 Å². The van der Waals surface area contributed by atoms with Crippen LogP contribution in [-0.2, 0) is 0 Å². The van der Waals surface area contributed by atoms with Crippen molar-refractivity contribution >= 4 is 15.9 Å². The minimum atomic E-state index is -4.42. The minimum absolute atomic E-state index is 0.108. The molecule has 0 spiro atoms. The summed E-state index contributed by atoms with van der Waals surface area (Å²) >= 11 is 3.06. The van der Waals surface area contributed by atoms with Crippen molar-refractivity contribution in [2.75, 3.05) is 26.2 Å². The van der Waals surface area contributed by atoms with Crippen molar-refractivity contribution in [2.45, 2.75) is 12.2 Å². The van der Waals surface area contributed by atoms with Crippen LogP contribution in [0.4, 0.5) is 13.2 Å². The fourth-order valence-corrected chi connectivity index (χ4v) is 2.65. The second-order valence-corrected chi connectivity index (χ2v) is 5.26. The molecule has 106 valence electrons. The highest BCUT2D eigenvalue weighted by Crippen LogP contribution is 2.43. The highest BCUT2D eigenvalue weighted by atomic mass is 79.9. The second kappa shape index (κ2) is 5.68. The molecule has 7 heteroatoms. The van der Waals surface area contributed by atoms with Crippen molar-refractivity contribution in [2.24, 2.45) is 0 Å². The van der Waals surface area contributed by atoms with Crippen molar-refractivity contribution in [1.82, 2.24) is 10.2 Å². The zero-order chi connectivity index (χ0) is 14.0. The van der Waals surface area contributed by atoms with Crippen molar-refractivity contribution in [3.63, 3.8) is 0 Å². The molecule has 3 nitrogen and oxygen atoms in total. The third kappa shape index (κ3) is 3.21. The summed E-state index contributed by atoms with van der Waals surface area (Å²) < 4.78 is 40.2. The van der Waals surface area contributed by atoms with Gasteiger partial charge in [-0.15, -0.1) is 0 Å². The fraction of sp³-hybridized carbons (Fsp3) is 0.500. The standard InChI is InChI=1S/C12H14BrF3N2O/c13-9-3-1-2-8(10(9)19)11(12(14,15)16)18-6-4-17-5-7-18/h1-3,11,17,19H,4-7H2/t11-/m0/s1. The van der Waals surface area contributed by atoms with Crippen LogP contribution in [0.2, 0.25) is 0 Å². The number of aromatic hydroxyl groups is 1. The molecular formula is C12H14BrF3N2O. The Morgan fingerprint density at radius 1 is 1.26 bits per heavy atom. The Kier molecular flexibility index (Phi) is 4.37. The first-order valence-corrected chi connectivity index (χ1v) is 6.69. The Morgan fingerprint density at radius 3 is 2.47 bits per heavy atom. The summed E-state index contributed by atoms with van der Waals surface area (Å²) in [5.41, 5.74) is -0.108. The lowest BCUT2D eigenvalue weighted by Crippen LogP contribution is -2.49. The van der Waals surface area contributed by atoms with Crippen LogP contribution >= 0.6 is 15.9 Å². The normalized spacial score (nSPS) is 19.4. The number of piperazine rings is 1. The van der Waals surface area contributed by atoms with Gasteiger partial charge in [0.05, 0.1) is 4.47 Å². The molecule has 1 atom stereocenters. The maximum atomic E-state index is 13.3. The van der Waals surface area contributed by atoms with E-state index in [1.165, 1.54) is 23.1 Å². The Morgan fingerprint density at radius 2 is 1.89 bits per heavy atom. The third-order valence-electron chi connectivity index (χ3n) is 3.14. The molecule has 1 aromatic carbocycles. The molecule has 1 aliphatic heterocycles. The molecule has 0 aliphatic carbocycles. The highest BCUT2D eigenvalue weighted by Gasteiger charge is 2.46. The van der Waals surface area contributed by atoms with Crippen LogP contribution in [0.5, 0.6) is 5.75 Å². The number of nitrogens with one attached hydrogen (secondary N) is 1. The molecule has 1 aliphatic rings. The van der Waals surface area contributed by atoms with Gasteiger partial charge in [-0.2, -0.15) is 13.2 Å². The van der Waals surface area contributed by atoms with E-state index in [9.17, 15) is 18.3 Å². The predicted molar refractivity (Wildman–Crippen MR) is 69.0 cm³/mol. The molecule has 2 rings (SSSR count). The fourth-order valence-electron chi connectivity index (χ4n) is 2.27. The van der Waals surface area contributed by atoms with Crippen molar-refractivity contribution in [3.8, 4) is 5.75 Å². The van der Waals surface area contributed by atoms with E-state index in [4.69, 9.17) is 0 Å². The number of benzene rings is 1. The highest BCUT2D eigenvalue weighted by molar-refractivity contribution is 9.10. The van der Waals surface area contributed by atoms with Gasteiger partial charge in [0.25, 0.3) is 0 Å². The minimum Gasteiger partial charge on any atom is -0.506 e. The van der Waals surface area contributed by atoms with Crippen LogP contribution in [-0.4, -0.2) is 42.4 Å². The lowest BCUT2D eigenvalue weighted by atomic mass is 10.0. The number of hydrogen-bond donors (Lipinski definition) is 2. The molecular weight excluding hydrogens is 325 g/mol. The lowest BCUT2D eigenvalue weighted by molar-refractivity contribution is -0.188. The summed E-state index contributed by atoms with van der Waals surface area (Å²) in [5, 5.41) is 12.9. The number of phenolic OH excluding ortho intramolecular Hbond substituents is 1. The number of para-hydroxylation sites is 1. The largest absolute Gasteiger partial charge is 0.506 e. The van der Waals surface area contributed by atoms with Gasteiger partial charge < -0.3 is 10.4 Å². The number of halogens is 4. The van der Waals surface area contributed by atoms with Crippen LogP contribution in [0.15, 0.2) is 22.7 Å². The van der Waals surface area contributed by atoms with Gasteiger partial charge in [0.15, 0.2) is 0 Å². The van der Waals surface area contributed by atoms with Gasteiger partial charge in [-0.05, 0) is 22.0 Å². The first-order chi connectivity index (χ1) is 8.91. The summed E-state index contributed by atoms with van der Waals surface area (Å²) in [5.74, 6) is -0.344. The summed E-state index contributed by atoms with van der Waals surface area (Å²) in [4.78, 5) is 1.35. The monoisotopic (exact) mass is 338 g/mol. The molecule has 0 unspecified atom stereocenters. The number of alkyl halides is 3. The lowest BCUT2D eigenvalue weighted by Gasteiger charge is -2.36. The average Bonchev–Trinajstić information content (AvgIpc) is 2.35. The Bertz CT molecular complexity index is 447. The van der Waals surface area contributed by atoms with E-state index in [-0.39, 0.29) is 15.8 Å². The van der Waals surface area contributed by atoms with Crippen molar-refractivity contribution in [3.05, 3.63) is 28.2 Å². The number of phenols is 1. The first-order valence-electron chi connectivity index (χ1n) is 5.90. The predicted octanol–water partition coefficient (Wildman–Crippen LogP) is 2.66. The van der Waals surface area contributed by atoms with Crippen molar-refractivity contribution < 1.29 is 18.3 Å². The van der Waals surface area contributed by atoms with Gasteiger partial charge in [0.2, 0.25) is 0 Å². The Labute approximate surface area is 117 Å². The topological polar surface area (TPSA) is 35.5 Å². The van der Waals surface area contributed by atoms with Gasteiger partial charge in [0, 0.05) is 31.7 Å². The molecule has 19 heavy (non-hydrogen) atoms. The summed E-state index contributed by atoms with van der Waals surface area (Å²) in [6.45, 7) is 1.63. The Balaban J connectivity index is 2.40. The van der Waals surface area contributed by atoms with Gasteiger partial charge in [-0.1, -0.05) is 12.1 Å². The quantitative estimate of drug-likeness (QED) is 0.870. The zero-order valence-corrected chi connectivity index (χ0v) is 11.6. The van der Waals surface area contributed by atoms with Gasteiger partial charge >= 0.3 is 6.18 Å². The van der Waals surface area contributed by atoms with E-state index < -0.39 is 12.2 Å². The first kappa shape index (κ1) is 14.6. The molecule has 0 aromatic heterocycles.